The predicted molar refractivity (Wildman–Crippen MR) is 133 cm³/mol. The number of benzene rings is 2. The Morgan fingerprint density at radius 2 is 1.67 bits per heavy atom. The molecule has 2 aliphatic carbocycles. The van der Waals surface area contributed by atoms with Crippen molar-refractivity contribution in [2.75, 3.05) is 16.3 Å². The second kappa shape index (κ2) is 8.43. The minimum atomic E-state index is -0.563. The molecule has 3 amide bonds. The summed E-state index contributed by atoms with van der Waals surface area (Å²) in [6.45, 7) is 4.12. The molecule has 2 aromatic rings. The van der Waals surface area contributed by atoms with Crippen LogP contribution in [0.2, 0.25) is 0 Å². The standard InChI is InChI=1S/C29H28N2O5/c1-3-17-6-4-5-7-23(17)30-15-20(14-24(30)32)29(35)36-21-10-11-22(16(2)12-21)31-27(33)25-18-8-9-19(13-18)26(25)28(31)34/h4-12,18-20,25-26H,3,13-15H2,1-2H3/t18-,19-,20+,25-,26-/m0/s1. The monoisotopic (exact) mass is 484 g/mol. The van der Waals surface area contributed by atoms with Crippen molar-refractivity contribution in [1.29, 1.82) is 0 Å². The number of allylic oxidation sites excluding steroid dienone is 2. The van der Waals surface area contributed by atoms with Crippen LogP contribution >= 0.6 is 0 Å². The zero-order valence-electron chi connectivity index (χ0n) is 20.3. The molecule has 2 bridgehead atoms. The van der Waals surface area contributed by atoms with Gasteiger partial charge in [0.15, 0.2) is 0 Å². The van der Waals surface area contributed by atoms with Crippen molar-refractivity contribution in [3.05, 3.63) is 65.7 Å². The smallest absolute Gasteiger partial charge is 0.316 e. The Bertz CT molecular complexity index is 1300. The van der Waals surface area contributed by atoms with Crippen LogP contribution in [0.25, 0.3) is 0 Å². The zero-order valence-corrected chi connectivity index (χ0v) is 20.3. The van der Waals surface area contributed by atoms with E-state index in [1.807, 2.05) is 31.2 Å². The van der Waals surface area contributed by atoms with Crippen molar-refractivity contribution in [3.63, 3.8) is 0 Å². The quantitative estimate of drug-likeness (QED) is 0.279. The summed E-state index contributed by atoms with van der Waals surface area (Å²) in [5.74, 6) is -1.26. The molecule has 2 aromatic carbocycles. The van der Waals surface area contributed by atoms with E-state index in [1.165, 1.54) is 4.90 Å². The van der Waals surface area contributed by atoms with Crippen molar-refractivity contribution in [3.8, 4) is 5.75 Å². The molecule has 5 atom stereocenters. The molecule has 1 saturated carbocycles. The second-order valence-corrected chi connectivity index (χ2v) is 10.3. The molecule has 0 radical (unpaired) electrons. The van der Waals surface area contributed by atoms with Crippen molar-refractivity contribution in [1.82, 2.24) is 0 Å². The molecule has 7 heteroatoms. The van der Waals surface area contributed by atoms with Gasteiger partial charge in [-0.05, 0) is 67.0 Å². The highest BCUT2D eigenvalue weighted by Gasteiger charge is 2.59. The molecule has 36 heavy (non-hydrogen) atoms. The third-order valence-corrected chi connectivity index (χ3v) is 8.22. The van der Waals surface area contributed by atoms with Gasteiger partial charge >= 0.3 is 5.97 Å². The number of rotatable bonds is 5. The number of nitrogens with zero attached hydrogens (tertiary/aromatic N) is 2. The van der Waals surface area contributed by atoms with E-state index in [0.717, 1.165) is 24.1 Å². The first-order valence-corrected chi connectivity index (χ1v) is 12.6. The van der Waals surface area contributed by atoms with Crippen molar-refractivity contribution in [2.24, 2.45) is 29.6 Å². The lowest BCUT2D eigenvalue weighted by atomic mass is 9.85. The van der Waals surface area contributed by atoms with Gasteiger partial charge < -0.3 is 9.64 Å². The molecule has 2 aliphatic heterocycles. The van der Waals surface area contributed by atoms with E-state index in [0.29, 0.717) is 17.0 Å². The van der Waals surface area contributed by atoms with Gasteiger partial charge in [0, 0.05) is 18.7 Å². The molecule has 0 aromatic heterocycles. The highest BCUT2D eigenvalue weighted by atomic mass is 16.5. The van der Waals surface area contributed by atoms with Crippen LogP contribution in [0.5, 0.6) is 5.75 Å². The van der Waals surface area contributed by atoms with Crippen LogP contribution in [0.3, 0.4) is 0 Å². The summed E-state index contributed by atoms with van der Waals surface area (Å²) in [6.07, 6.45) is 5.93. The topological polar surface area (TPSA) is 84.0 Å². The van der Waals surface area contributed by atoms with E-state index in [-0.39, 0.29) is 54.4 Å². The summed E-state index contributed by atoms with van der Waals surface area (Å²) in [4.78, 5) is 54.9. The molecular weight excluding hydrogens is 456 g/mol. The predicted octanol–water partition coefficient (Wildman–Crippen LogP) is 3.83. The Kier molecular flexibility index (Phi) is 5.32. The van der Waals surface area contributed by atoms with Crippen LogP contribution in [0.4, 0.5) is 11.4 Å². The number of esters is 1. The van der Waals surface area contributed by atoms with Crippen LogP contribution < -0.4 is 14.5 Å². The van der Waals surface area contributed by atoms with E-state index in [4.69, 9.17) is 4.74 Å². The summed E-state index contributed by atoms with van der Waals surface area (Å²) in [5, 5.41) is 0. The highest BCUT2D eigenvalue weighted by Crippen LogP contribution is 2.53. The number of para-hydroxylation sites is 1. The third kappa shape index (κ3) is 3.40. The molecular formula is C29H28N2O5. The lowest BCUT2D eigenvalue weighted by molar-refractivity contribution is -0.139. The average molecular weight is 485 g/mol. The molecule has 0 unspecified atom stereocenters. The molecule has 0 spiro atoms. The van der Waals surface area contributed by atoms with E-state index >= 15 is 0 Å². The lowest BCUT2D eigenvalue weighted by Gasteiger charge is -2.20. The first-order chi connectivity index (χ1) is 17.4. The van der Waals surface area contributed by atoms with Gasteiger partial charge in [0.05, 0.1) is 23.4 Å². The molecule has 2 heterocycles. The number of hydrogen-bond donors (Lipinski definition) is 0. The summed E-state index contributed by atoms with van der Waals surface area (Å²) >= 11 is 0. The van der Waals surface area contributed by atoms with Gasteiger partial charge in [-0.25, -0.2) is 4.90 Å². The Morgan fingerprint density at radius 1 is 0.972 bits per heavy atom. The summed E-state index contributed by atoms with van der Waals surface area (Å²) in [6, 6.07) is 12.7. The molecule has 184 valence electrons. The van der Waals surface area contributed by atoms with Crippen LogP contribution in [0.15, 0.2) is 54.6 Å². The normalized spacial score (nSPS) is 28.4. The van der Waals surface area contributed by atoms with Gasteiger partial charge in [-0.3, -0.25) is 19.2 Å². The summed E-state index contributed by atoms with van der Waals surface area (Å²) in [7, 11) is 0. The molecule has 4 aliphatic rings. The molecule has 2 saturated heterocycles. The number of hydrogen-bond acceptors (Lipinski definition) is 5. The number of aryl methyl sites for hydroxylation is 2. The van der Waals surface area contributed by atoms with Gasteiger partial charge in [0.2, 0.25) is 17.7 Å². The van der Waals surface area contributed by atoms with E-state index in [1.54, 1.807) is 30.0 Å². The maximum atomic E-state index is 13.2. The van der Waals surface area contributed by atoms with E-state index in [2.05, 4.69) is 12.2 Å². The Balaban J connectivity index is 1.16. The maximum absolute atomic E-state index is 13.2. The van der Waals surface area contributed by atoms with E-state index in [9.17, 15) is 19.2 Å². The third-order valence-electron chi connectivity index (χ3n) is 8.22. The first kappa shape index (κ1) is 22.7. The number of carbonyl (C=O) groups is 4. The molecule has 6 rings (SSSR count). The SMILES string of the molecule is CCc1ccccc1N1C[C@H](C(=O)Oc2ccc(N3C(=O)[C@@H]4[C@@H](C3=O)[C@H]3C=C[C@H]4C3)c(C)c2)CC1=O. The van der Waals surface area contributed by atoms with Crippen LogP contribution in [-0.2, 0) is 25.6 Å². The number of amides is 3. The van der Waals surface area contributed by atoms with Crippen molar-refractivity contribution >= 4 is 35.1 Å². The van der Waals surface area contributed by atoms with Gasteiger partial charge in [-0.15, -0.1) is 0 Å². The Labute approximate surface area is 209 Å². The molecule has 7 nitrogen and oxygen atoms in total. The summed E-state index contributed by atoms with van der Waals surface area (Å²) < 4.78 is 5.64. The summed E-state index contributed by atoms with van der Waals surface area (Å²) in [5.41, 5.74) is 3.12. The minimum Gasteiger partial charge on any atom is -0.426 e. The van der Waals surface area contributed by atoms with Crippen LogP contribution in [-0.4, -0.2) is 30.2 Å². The Morgan fingerprint density at radius 3 is 2.33 bits per heavy atom. The van der Waals surface area contributed by atoms with Gasteiger partial charge in [-0.2, -0.15) is 0 Å². The first-order valence-electron chi connectivity index (χ1n) is 12.6. The fourth-order valence-corrected chi connectivity index (χ4v) is 6.45. The maximum Gasteiger partial charge on any atom is 0.316 e. The fourth-order valence-electron chi connectivity index (χ4n) is 6.45. The minimum absolute atomic E-state index is 0.0931. The fraction of sp³-hybridized carbons (Fsp3) is 0.379. The van der Waals surface area contributed by atoms with Crippen molar-refractivity contribution in [2.45, 2.75) is 33.1 Å². The number of ether oxygens (including phenoxy) is 1. The number of fused-ring (bicyclic) bond motifs is 5. The number of imide groups is 1. The van der Waals surface area contributed by atoms with Crippen LogP contribution in [0, 0.1) is 36.5 Å². The van der Waals surface area contributed by atoms with Gasteiger partial charge in [0.25, 0.3) is 0 Å². The van der Waals surface area contributed by atoms with Gasteiger partial charge in [0.1, 0.15) is 5.75 Å². The zero-order chi connectivity index (χ0) is 25.1. The Hall–Kier alpha value is -3.74. The second-order valence-electron chi connectivity index (χ2n) is 10.3. The van der Waals surface area contributed by atoms with Crippen LogP contribution in [0.1, 0.15) is 30.9 Å². The van der Waals surface area contributed by atoms with E-state index < -0.39 is 11.9 Å². The number of anilines is 2. The number of carbonyl (C=O) groups excluding carboxylic acids is 4. The highest BCUT2D eigenvalue weighted by molar-refractivity contribution is 6.23. The lowest BCUT2D eigenvalue weighted by Crippen LogP contribution is -2.33. The average Bonchev–Trinajstić information content (AvgIpc) is 3.63. The molecule has 0 N–H and O–H groups in total. The largest absolute Gasteiger partial charge is 0.426 e. The van der Waals surface area contributed by atoms with Crippen molar-refractivity contribution < 1.29 is 23.9 Å². The van der Waals surface area contributed by atoms with Gasteiger partial charge in [-0.1, -0.05) is 37.3 Å². The molecule has 3 fully saturated rings.